The Morgan fingerprint density at radius 3 is 1.79 bits per heavy atom. The number of carbonyl (C=O) groups excluding carboxylic acids is 3. The van der Waals surface area contributed by atoms with Crippen molar-refractivity contribution >= 4 is 23.9 Å². The van der Waals surface area contributed by atoms with Crippen molar-refractivity contribution in [1.29, 1.82) is 0 Å². The minimum atomic E-state index is -0.998. The van der Waals surface area contributed by atoms with E-state index in [1.54, 1.807) is 19.2 Å². The highest BCUT2D eigenvalue weighted by Gasteiger charge is 2.23. The second kappa shape index (κ2) is 24.2. The molecule has 0 aromatic heterocycles. The Morgan fingerprint density at radius 1 is 0.812 bits per heavy atom. The molecule has 0 amide bonds. The Balaban J connectivity index is 0.000000388. The van der Waals surface area contributed by atoms with Crippen LogP contribution in [0.3, 0.4) is 0 Å². The van der Waals surface area contributed by atoms with Gasteiger partial charge in [-0.15, -0.1) is 0 Å². The molecule has 2 aliphatic rings. The number of aliphatic carboxylic acids is 1. The largest absolute Gasteiger partial charge is 0.504 e. The zero-order valence-corrected chi connectivity index (χ0v) is 28.6. The summed E-state index contributed by atoms with van der Waals surface area (Å²) in [6, 6.07) is 17.4. The van der Waals surface area contributed by atoms with Crippen molar-refractivity contribution in [3.05, 3.63) is 107 Å². The fourth-order valence-corrected chi connectivity index (χ4v) is 4.41. The zero-order valence-electron chi connectivity index (χ0n) is 28.6. The normalized spacial score (nSPS) is 16.4. The van der Waals surface area contributed by atoms with Crippen LogP contribution in [0.4, 0.5) is 0 Å². The number of ether oxygens (including phenoxy) is 6. The van der Waals surface area contributed by atoms with Crippen LogP contribution in [-0.2, 0) is 55.6 Å². The lowest BCUT2D eigenvalue weighted by Crippen LogP contribution is -2.24. The third kappa shape index (κ3) is 17.0. The van der Waals surface area contributed by atoms with E-state index in [1.165, 1.54) is 31.9 Å². The van der Waals surface area contributed by atoms with Gasteiger partial charge >= 0.3 is 23.9 Å². The van der Waals surface area contributed by atoms with E-state index >= 15 is 0 Å². The highest BCUT2D eigenvalue weighted by Crippen LogP contribution is 2.22. The highest BCUT2D eigenvalue weighted by atomic mass is 16.6. The predicted octanol–water partition coefficient (Wildman–Crippen LogP) is 6.36. The number of methoxy groups -OCH3 is 3. The predicted molar refractivity (Wildman–Crippen MR) is 180 cm³/mol. The third-order valence-electron chi connectivity index (χ3n) is 6.65. The van der Waals surface area contributed by atoms with E-state index < -0.39 is 5.97 Å². The summed E-state index contributed by atoms with van der Waals surface area (Å²) in [6.45, 7) is 6.50. The van der Waals surface area contributed by atoms with Crippen LogP contribution >= 0.6 is 0 Å². The molecule has 0 spiro atoms. The van der Waals surface area contributed by atoms with Crippen molar-refractivity contribution in [2.45, 2.75) is 71.5 Å². The average molecular weight is 669 g/mol. The molecule has 2 aliphatic heterocycles. The molecule has 2 atom stereocenters. The summed E-state index contributed by atoms with van der Waals surface area (Å²) >= 11 is 0. The zero-order chi connectivity index (χ0) is 35.7. The monoisotopic (exact) mass is 668 g/mol. The van der Waals surface area contributed by atoms with Gasteiger partial charge in [-0.25, -0.2) is 19.2 Å². The minimum Gasteiger partial charge on any atom is -0.504 e. The van der Waals surface area contributed by atoms with Gasteiger partial charge in [0.1, 0.15) is 23.7 Å². The van der Waals surface area contributed by atoms with Crippen molar-refractivity contribution in [3.8, 4) is 0 Å². The highest BCUT2D eigenvalue weighted by molar-refractivity contribution is 5.89. The first kappa shape index (κ1) is 41.0. The molecule has 2 heterocycles. The van der Waals surface area contributed by atoms with Gasteiger partial charge in [0.2, 0.25) is 0 Å². The molecule has 4 rings (SSSR count). The van der Waals surface area contributed by atoms with Crippen molar-refractivity contribution < 1.29 is 52.7 Å². The second-order valence-electron chi connectivity index (χ2n) is 10.0. The number of esters is 3. The van der Waals surface area contributed by atoms with E-state index in [9.17, 15) is 19.2 Å². The standard InChI is InChI=1S/C16H18O5.C15H18O3.C4H6O3.C2H6/c1-19-14-9-13(21-15(17)10-14)8-5-11-3-6-12(7-4-11)16(18)20-2;1-2-17-14-10-13(18-15(16)11-14)9-8-12-6-4-3-5-7-12;1-7-3-2-4(5)6;1-2/h3-4,6-7,10,13H,5,8-9H2,1-2H3;3-7,11,13H,2,8-10H2,1H3;2-3H,1H3,(H,5,6);1-2H3/b;;3-2+;. The Kier molecular flexibility index (Phi) is 20.6. The Hall–Kier alpha value is -5.06. The summed E-state index contributed by atoms with van der Waals surface area (Å²) in [5, 5.41) is 7.88. The molecule has 2 aromatic carbocycles. The SMILES string of the molecule is CC.CCOC1=CC(=O)OC(CCc2ccccc2)C1.CO/C=C/C(=O)O.COC(=O)c1ccc(CCC2CC(OC)=CC(=O)O2)cc1. The van der Waals surface area contributed by atoms with E-state index in [1.807, 2.05) is 51.1 Å². The quantitative estimate of drug-likeness (QED) is 0.117. The summed E-state index contributed by atoms with van der Waals surface area (Å²) in [6.07, 6.45) is 9.11. The lowest BCUT2D eigenvalue weighted by atomic mass is 10.0. The lowest BCUT2D eigenvalue weighted by Gasteiger charge is -2.22. The first-order valence-corrected chi connectivity index (χ1v) is 15.8. The van der Waals surface area contributed by atoms with Crippen LogP contribution in [0.5, 0.6) is 0 Å². The number of carbonyl (C=O) groups is 4. The fraction of sp³-hybridized carbons (Fsp3) is 0.405. The van der Waals surface area contributed by atoms with E-state index in [0.29, 0.717) is 37.2 Å². The van der Waals surface area contributed by atoms with Gasteiger partial charge in [0.25, 0.3) is 0 Å². The molecule has 11 heteroatoms. The van der Waals surface area contributed by atoms with Gasteiger partial charge in [-0.05, 0) is 55.9 Å². The van der Waals surface area contributed by atoms with Crippen LogP contribution in [0.2, 0.25) is 0 Å². The summed E-state index contributed by atoms with van der Waals surface area (Å²) in [7, 11) is 4.29. The Morgan fingerprint density at radius 2 is 1.33 bits per heavy atom. The summed E-state index contributed by atoms with van der Waals surface area (Å²) in [5.74, 6) is -0.601. The molecular weight excluding hydrogens is 620 g/mol. The van der Waals surface area contributed by atoms with Gasteiger partial charge in [-0.3, -0.25) is 0 Å². The molecule has 2 aromatic rings. The maximum atomic E-state index is 11.4. The number of cyclic esters (lactones) is 2. The van der Waals surface area contributed by atoms with Gasteiger partial charge in [0, 0.05) is 12.8 Å². The van der Waals surface area contributed by atoms with E-state index in [2.05, 4.69) is 21.6 Å². The van der Waals surface area contributed by atoms with Gasteiger partial charge in [0.15, 0.2) is 0 Å². The summed E-state index contributed by atoms with van der Waals surface area (Å²) in [4.78, 5) is 43.7. The number of rotatable bonds is 12. The third-order valence-corrected chi connectivity index (χ3v) is 6.65. The van der Waals surface area contributed by atoms with Crippen LogP contribution < -0.4 is 0 Å². The Bertz CT molecular complexity index is 1350. The van der Waals surface area contributed by atoms with E-state index in [4.69, 9.17) is 24.1 Å². The van der Waals surface area contributed by atoms with Crippen LogP contribution in [0.1, 0.15) is 67.9 Å². The average Bonchev–Trinajstić information content (AvgIpc) is 3.10. The molecule has 0 bridgehead atoms. The Labute approximate surface area is 283 Å². The molecule has 0 radical (unpaired) electrons. The fourth-order valence-electron chi connectivity index (χ4n) is 4.41. The molecule has 0 aliphatic carbocycles. The number of carboxylic acids is 1. The molecule has 0 fully saturated rings. The second-order valence-corrected chi connectivity index (χ2v) is 10.0. The van der Waals surface area contributed by atoms with Gasteiger partial charge < -0.3 is 33.5 Å². The first-order valence-electron chi connectivity index (χ1n) is 15.8. The molecule has 1 N–H and O–H groups in total. The molecule has 0 saturated carbocycles. The number of hydrogen-bond donors (Lipinski definition) is 1. The number of hydrogen-bond acceptors (Lipinski definition) is 10. The van der Waals surface area contributed by atoms with Gasteiger partial charge in [0.05, 0.1) is 58.0 Å². The van der Waals surface area contributed by atoms with Crippen molar-refractivity contribution in [1.82, 2.24) is 0 Å². The lowest BCUT2D eigenvalue weighted by molar-refractivity contribution is -0.146. The molecule has 48 heavy (non-hydrogen) atoms. The first-order chi connectivity index (χ1) is 23.2. The molecule has 11 nitrogen and oxygen atoms in total. The van der Waals surface area contributed by atoms with Crippen LogP contribution in [0.25, 0.3) is 0 Å². The van der Waals surface area contributed by atoms with Crippen LogP contribution in [0, 0.1) is 0 Å². The number of benzene rings is 2. The van der Waals surface area contributed by atoms with Crippen LogP contribution in [-0.4, -0.2) is 69.1 Å². The van der Waals surface area contributed by atoms with E-state index in [0.717, 1.165) is 42.9 Å². The van der Waals surface area contributed by atoms with Crippen molar-refractivity contribution in [3.63, 3.8) is 0 Å². The summed E-state index contributed by atoms with van der Waals surface area (Å²) in [5.41, 5.74) is 2.86. The van der Waals surface area contributed by atoms with Gasteiger partial charge in [-0.2, -0.15) is 0 Å². The number of aryl methyl sites for hydroxylation is 2. The van der Waals surface area contributed by atoms with Crippen molar-refractivity contribution in [2.24, 2.45) is 0 Å². The minimum absolute atomic E-state index is 0.0655. The van der Waals surface area contributed by atoms with Crippen molar-refractivity contribution in [2.75, 3.05) is 27.9 Å². The van der Waals surface area contributed by atoms with Gasteiger partial charge in [-0.1, -0.05) is 56.3 Å². The molecule has 2 unspecified atom stereocenters. The summed E-state index contributed by atoms with van der Waals surface area (Å²) < 4.78 is 30.0. The molecular formula is C37H48O11. The molecule has 0 saturated heterocycles. The van der Waals surface area contributed by atoms with E-state index in [-0.39, 0.29) is 30.1 Å². The smallest absolute Gasteiger partial charge is 0.337 e. The topological polar surface area (TPSA) is 144 Å². The molecule has 262 valence electrons. The maximum absolute atomic E-state index is 11.4. The maximum Gasteiger partial charge on any atom is 0.337 e. The van der Waals surface area contributed by atoms with Crippen LogP contribution in [0.15, 0.2) is 90.6 Å². The number of carboxylic acid groups (broad SMARTS) is 1.